The minimum Gasteiger partial charge on any atom is -0.314 e. The fraction of sp³-hybridized carbons (Fsp3) is 0.800. The van der Waals surface area contributed by atoms with Crippen LogP contribution >= 0.6 is 0 Å². The molecule has 0 amide bonds. The predicted molar refractivity (Wildman–Crippen MR) is 77.0 cm³/mol. The first-order chi connectivity index (χ1) is 9.43. The van der Waals surface area contributed by atoms with Crippen LogP contribution in [0.2, 0.25) is 0 Å². The van der Waals surface area contributed by atoms with E-state index in [4.69, 9.17) is 0 Å². The van der Waals surface area contributed by atoms with Gasteiger partial charge in [0.25, 0.3) is 0 Å². The van der Waals surface area contributed by atoms with E-state index >= 15 is 0 Å². The summed E-state index contributed by atoms with van der Waals surface area (Å²) in [5, 5.41) is 11.7. The first-order valence-electron chi connectivity index (χ1n) is 7.88. The lowest BCUT2D eigenvalue weighted by atomic mass is 9.79. The Morgan fingerprint density at radius 2 is 2.16 bits per heavy atom. The molecule has 1 aromatic heterocycles. The molecule has 1 aliphatic carbocycles. The van der Waals surface area contributed by atoms with Gasteiger partial charge in [-0.2, -0.15) is 5.10 Å². The zero-order valence-corrected chi connectivity index (χ0v) is 11.7. The average Bonchev–Trinajstić information content (AvgIpc) is 3.12. The van der Waals surface area contributed by atoms with Gasteiger partial charge in [-0.1, -0.05) is 12.8 Å². The topological polar surface area (TPSA) is 41.9 Å². The third kappa shape index (κ3) is 3.37. The molecule has 2 N–H and O–H groups in total. The average molecular weight is 262 g/mol. The summed E-state index contributed by atoms with van der Waals surface area (Å²) in [5.41, 5.74) is 0. The summed E-state index contributed by atoms with van der Waals surface area (Å²) in [6.07, 6.45) is 12.2. The summed E-state index contributed by atoms with van der Waals surface area (Å²) in [6, 6.07) is 3.47. The molecule has 0 bridgehead atoms. The summed E-state index contributed by atoms with van der Waals surface area (Å²) in [6.45, 7) is 3.24. The second-order valence-electron chi connectivity index (χ2n) is 5.98. The van der Waals surface area contributed by atoms with Crippen molar-refractivity contribution in [3.05, 3.63) is 18.5 Å². The highest BCUT2D eigenvalue weighted by Crippen LogP contribution is 2.30. The summed E-state index contributed by atoms with van der Waals surface area (Å²) in [4.78, 5) is 0. The van der Waals surface area contributed by atoms with Gasteiger partial charge in [0, 0.05) is 31.0 Å². The fourth-order valence-electron chi connectivity index (χ4n) is 3.77. The Labute approximate surface area is 116 Å². The number of nitrogens with one attached hydrogen (secondary N) is 2. The minimum atomic E-state index is 0.708. The molecule has 1 aromatic rings. The highest BCUT2D eigenvalue weighted by Gasteiger charge is 2.32. The maximum absolute atomic E-state index is 4.26. The van der Waals surface area contributed by atoms with Gasteiger partial charge in [-0.15, -0.1) is 0 Å². The molecule has 0 spiro atoms. The van der Waals surface area contributed by atoms with Gasteiger partial charge in [0.1, 0.15) is 0 Å². The van der Waals surface area contributed by atoms with Crippen molar-refractivity contribution in [3.63, 3.8) is 0 Å². The highest BCUT2D eigenvalue weighted by atomic mass is 15.3. The smallest absolute Gasteiger partial charge is 0.0534 e. The van der Waals surface area contributed by atoms with Crippen LogP contribution in [0.1, 0.15) is 38.5 Å². The maximum Gasteiger partial charge on any atom is 0.0534 e. The van der Waals surface area contributed by atoms with Crippen molar-refractivity contribution in [1.82, 2.24) is 20.4 Å². The Hall–Kier alpha value is -0.870. The van der Waals surface area contributed by atoms with E-state index in [1.165, 1.54) is 45.1 Å². The van der Waals surface area contributed by atoms with Crippen LogP contribution in [0.15, 0.2) is 18.5 Å². The Balaban J connectivity index is 1.49. The van der Waals surface area contributed by atoms with Crippen molar-refractivity contribution >= 4 is 0 Å². The van der Waals surface area contributed by atoms with Gasteiger partial charge >= 0.3 is 0 Å². The standard InChI is InChI=1S/C15H26N4/c1-2-6-14(13(5-1)15-7-3-8-16-15)17-10-12-19-11-4-9-18-19/h4,9,11,13-17H,1-3,5-8,10,12H2. The monoisotopic (exact) mass is 262 g/mol. The summed E-state index contributed by atoms with van der Waals surface area (Å²) in [7, 11) is 0. The van der Waals surface area contributed by atoms with Crippen molar-refractivity contribution in [2.45, 2.75) is 57.2 Å². The Morgan fingerprint density at radius 3 is 2.95 bits per heavy atom. The lowest BCUT2D eigenvalue weighted by Gasteiger charge is -2.36. The Kier molecular flexibility index (Phi) is 4.51. The van der Waals surface area contributed by atoms with Gasteiger partial charge in [-0.25, -0.2) is 0 Å². The van der Waals surface area contributed by atoms with Crippen molar-refractivity contribution < 1.29 is 0 Å². The van der Waals surface area contributed by atoms with Crippen LogP contribution in [0.5, 0.6) is 0 Å². The predicted octanol–water partition coefficient (Wildman–Crippen LogP) is 1.78. The van der Waals surface area contributed by atoms with Crippen LogP contribution in [-0.2, 0) is 6.54 Å². The molecule has 2 heterocycles. The number of aromatic nitrogens is 2. The molecular formula is C15H26N4. The fourth-order valence-corrected chi connectivity index (χ4v) is 3.77. The number of nitrogens with zero attached hydrogens (tertiary/aromatic N) is 2. The molecule has 106 valence electrons. The molecule has 3 atom stereocenters. The molecule has 0 aromatic carbocycles. The third-order valence-corrected chi connectivity index (χ3v) is 4.74. The SMILES string of the molecule is c1cnn(CCNC2CCCCC2C2CCCN2)c1. The summed E-state index contributed by atoms with van der Waals surface area (Å²) >= 11 is 0. The van der Waals surface area contributed by atoms with E-state index in [2.05, 4.69) is 15.7 Å². The van der Waals surface area contributed by atoms with Crippen molar-refractivity contribution in [2.24, 2.45) is 5.92 Å². The highest BCUT2D eigenvalue weighted by molar-refractivity contribution is 4.91. The molecule has 2 fully saturated rings. The summed E-state index contributed by atoms with van der Waals surface area (Å²) < 4.78 is 2.01. The van der Waals surface area contributed by atoms with E-state index in [1.807, 2.05) is 23.1 Å². The first kappa shape index (κ1) is 13.1. The van der Waals surface area contributed by atoms with Crippen LogP contribution in [-0.4, -0.2) is 35.0 Å². The Morgan fingerprint density at radius 1 is 1.21 bits per heavy atom. The lowest BCUT2D eigenvalue weighted by molar-refractivity contribution is 0.213. The van der Waals surface area contributed by atoms with Gasteiger partial charge < -0.3 is 10.6 Å². The first-order valence-corrected chi connectivity index (χ1v) is 7.88. The molecule has 1 aliphatic heterocycles. The second kappa shape index (κ2) is 6.53. The molecule has 19 heavy (non-hydrogen) atoms. The van der Waals surface area contributed by atoms with Gasteiger partial charge in [0.05, 0.1) is 6.54 Å². The minimum absolute atomic E-state index is 0.708. The van der Waals surface area contributed by atoms with E-state index in [9.17, 15) is 0 Å². The summed E-state index contributed by atoms with van der Waals surface area (Å²) in [5.74, 6) is 0.842. The molecule has 2 aliphatic rings. The van der Waals surface area contributed by atoms with Gasteiger partial charge in [-0.05, 0) is 44.2 Å². The van der Waals surface area contributed by atoms with Gasteiger partial charge in [0.2, 0.25) is 0 Å². The molecule has 1 saturated heterocycles. The number of hydrogen-bond acceptors (Lipinski definition) is 3. The van der Waals surface area contributed by atoms with E-state index in [0.717, 1.165) is 25.0 Å². The van der Waals surface area contributed by atoms with Gasteiger partial charge in [0.15, 0.2) is 0 Å². The zero-order valence-electron chi connectivity index (χ0n) is 11.7. The van der Waals surface area contributed by atoms with E-state index in [0.29, 0.717) is 6.04 Å². The molecular weight excluding hydrogens is 236 g/mol. The second-order valence-corrected chi connectivity index (χ2v) is 5.98. The van der Waals surface area contributed by atoms with Crippen LogP contribution in [0.25, 0.3) is 0 Å². The quantitative estimate of drug-likeness (QED) is 0.850. The normalized spacial score (nSPS) is 31.7. The molecule has 3 rings (SSSR count). The molecule has 1 saturated carbocycles. The van der Waals surface area contributed by atoms with Crippen molar-refractivity contribution in [1.29, 1.82) is 0 Å². The zero-order chi connectivity index (χ0) is 12.9. The molecule has 4 heteroatoms. The van der Waals surface area contributed by atoms with Gasteiger partial charge in [-0.3, -0.25) is 4.68 Å². The van der Waals surface area contributed by atoms with Crippen LogP contribution in [0, 0.1) is 5.92 Å². The number of hydrogen-bond donors (Lipinski definition) is 2. The van der Waals surface area contributed by atoms with E-state index < -0.39 is 0 Å². The van der Waals surface area contributed by atoms with E-state index in [-0.39, 0.29) is 0 Å². The van der Waals surface area contributed by atoms with Crippen LogP contribution in [0.3, 0.4) is 0 Å². The van der Waals surface area contributed by atoms with E-state index in [1.54, 1.807) is 0 Å². The Bertz CT molecular complexity index is 356. The van der Waals surface area contributed by atoms with Crippen molar-refractivity contribution in [2.75, 3.05) is 13.1 Å². The molecule has 4 nitrogen and oxygen atoms in total. The third-order valence-electron chi connectivity index (χ3n) is 4.74. The maximum atomic E-state index is 4.26. The van der Waals surface area contributed by atoms with Crippen LogP contribution < -0.4 is 10.6 Å². The molecule has 3 unspecified atom stereocenters. The van der Waals surface area contributed by atoms with Crippen molar-refractivity contribution in [3.8, 4) is 0 Å². The largest absolute Gasteiger partial charge is 0.314 e. The number of rotatable bonds is 5. The molecule has 0 radical (unpaired) electrons. The lowest BCUT2D eigenvalue weighted by Crippen LogP contribution is -2.47. The van der Waals surface area contributed by atoms with Crippen LogP contribution in [0.4, 0.5) is 0 Å².